The van der Waals surface area contributed by atoms with Crippen LogP contribution in [0.2, 0.25) is 0 Å². The fraction of sp³-hybridized carbons (Fsp3) is 0.909. The number of rotatable bonds is 1. The molecule has 0 aromatic carbocycles. The standard InChI is InChI=1S/C11H16ClNO/c12-8-5-9-3-4-10(6-8)13(9)11(14)7-1-2-7/h7-10H,1-6H2. The lowest BCUT2D eigenvalue weighted by Crippen LogP contribution is -2.47. The van der Waals surface area contributed by atoms with E-state index in [1.54, 1.807) is 0 Å². The van der Waals surface area contributed by atoms with Gasteiger partial charge >= 0.3 is 0 Å². The third-order valence-electron chi connectivity index (χ3n) is 3.86. The van der Waals surface area contributed by atoms with Gasteiger partial charge in [0.2, 0.25) is 5.91 Å². The predicted octanol–water partition coefficient (Wildman–Crippen LogP) is 2.16. The number of carbonyl (C=O) groups excluding carboxylic acids is 1. The van der Waals surface area contributed by atoms with Gasteiger partial charge in [0.15, 0.2) is 0 Å². The van der Waals surface area contributed by atoms with E-state index >= 15 is 0 Å². The minimum atomic E-state index is 0.316. The Hall–Kier alpha value is -0.240. The Morgan fingerprint density at radius 2 is 1.64 bits per heavy atom. The van der Waals surface area contributed by atoms with Gasteiger partial charge in [0.1, 0.15) is 0 Å². The topological polar surface area (TPSA) is 20.3 Å². The first-order valence-electron chi connectivity index (χ1n) is 5.72. The molecule has 1 amide bonds. The Balaban J connectivity index is 1.77. The lowest BCUT2D eigenvalue weighted by Gasteiger charge is -2.37. The first kappa shape index (κ1) is 9.02. The molecule has 0 aromatic rings. The molecule has 1 saturated carbocycles. The van der Waals surface area contributed by atoms with Crippen LogP contribution in [-0.4, -0.2) is 28.3 Å². The second-order valence-corrected chi connectivity index (χ2v) is 5.59. The van der Waals surface area contributed by atoms with Crippen molar-refractivity contribution in [1.29, 1.82) is 0 Å². The maximum atomic E-state index is 12.0. The summed E-state index contributed by atoms with van der Waals surface area (Å²) in [5, 5.41) is 0.316. The molecule has 3 heteroatoms. The Bertz CT molecular complexity index is 250. The number of carbonyl (C=O) groups is 1. The second-order valence-electron chi connectivity index (χ2n) is 4.97. The summed E-state index contributed by atoms with van der Waals surface area (Å²) < 4.78 is 0. The van der Waals surface area contributed by atoms with Gasteiger partial charge in [-0.15, -0.1) is 11.6 Å². The molecule has 2 bridgehead atoms. The van der Waals surface area contributed by atoms with E-state index in [1.165, 1.54) is 12.8 Å². The molecule has 14 heavy (non-hydrogen) atoms. The minimum Gasteiger partial charge on any atom is -0.336 e. The predicted molar refractivity (Wildman–Crippen MR) is 55.3 cm³/mol. The molecule has 0 radical (unpaired) electrons. The number of fused-ring (bicyclic) bond motifs is 2. The molecule has 0 spiro atoms. The van der Waals surface area contributed by atoms with Crippen molar-refractivity contribution in [2.45, 2.75) is 56.0 Å². The molecule has 2 saturated heterocycles. The highest BCUT2D eigenvalue weighted by Crippen LogP contribution is 2.41. The number of hydrogen-bond acceptors (Lipinski definition) is 1. The molecule has 2 atom stereocenters. The molecule has 3 rings (SSSR count). The average molecular weight is 214 g/mol. The molecular weight excluding hydrogens is 198 g/mol. The summed E-state index contributed by atoms with van der Waals surface area (Å²) in [5.41, 5.74) is 0. The average Bonchev–Trinajstić information content (AvgIpc) is 2.92. The summed E-state index contributed by atoms with van der Waals surface area (Å²) in [5.74, 6) is 0.811. The fourth-order valence-corrected chi connectivity index (χ4v) is 3.42. The van der Waals surface area contributed by atoms with Crippen LogP contribution in [0.5, 0.6) is 0 Å². The molecule has 2 aliphatic heterocycles. The molecular formula is C11H16ClNO. The Kier molecular flexibility index (Phi) is 2.01. The summed E-state index contributed by atoms with van der Waals surface area (Å²) >= 11 is 6.17. The van der Waals surface area contributed by atoms with Crippen LogP contribution in [0.4, 0.5) is 0 Å². The van der Waals surface area contributed by atoms with Crippen LogP contribution in [0, 0.1) is 5.92 Å². The molecule has 0 N–H and O–H groups in total. The van der Waals surface area contributed by atoms with Gasteiger partial charge in [-0.3, -0.25) is 4.79 Å². The number of alkyl halides is 1. The summed E-state index contributed by atoms with van der Waals surface area (Å²) in [6.45, 7) is 0. The van der Waals surface area contributed by atoms with E-state index in [0.717, 1.165) is 25.7 Å². The van der Waals surface area contributed by atoms with Crippen LogP contribution in [0.15, 0.2) is 0 Å². The Morgan fingerprint density at radius 1 is 1.07 bits per heavy atom. The van der Waals surface area contributed by atoms with Crippen LogP contribution in [0.3, 0.4) is 0 Å². The number of amides is 1. The Labute approximate surface area is 89.6 Å². The van der Waals surface area contributed by atoms with E-state index in [2.05, 4.69) is 4.90 Å². The SMILES string of the molecule is O=C(C1CC1)N1C2CCC1CC(Cl)C2. The lowest BCUT2D eigenvalue weighted by atomic mass is 10.0. The van der Waals surface area contributed by atoms with Crippen LogP contribution in [0.1, 0.15) is 38.5 Å². The summed E-state index contributed by atoms with van der Waals surface area (Å²) in [6, 6.07) is 0.952. The minimum absolute atomic E-state index is 0.316. The van der Waals surface area contributed by atoms with Crippen molar-refractivity contribution >= 4 is 17.5 Å². The van der Waals surface area contributed by atoms with E-state index < -0.39 is 0 Å². The molecule has 2 nitrogen and oxygen atoms in total. The van der Waals surface area contributed by atoms with Crippen molar-refractivity contribution < 1.29 is 4.79 Å². The van der Waals surface area contributed by atoms with Gasteiger partial charge in [0.25, 0.3) is 0 Å². The highest BCUT2D eigenvalue weighted by Gasteiger charge is 2.46. The van der Waals surface area contributed by atoms with Crippen molar-refractivity contribution in [3.63, 3.8) is 0 Å². The van der Waals surface area contributed by atoms with Crippen molar-refractivity contribution in [3.05, 3.63) is 0 Å². The maximum Gasteiger partial charge on any atom is 0.226 e. The monoisotopic (exact) mass is 213 g/mol. The number of piperidine rings is 1. The quantitative estimate of drug-likeness (QED) is 0.612. The van der Waals surface area contributed by atoms with Gasteiger partial charge < -0.3 is 4.90 Å². The van der Waals surface area contributed by atoms with Crippen molar-refractivity contribution in [3.8, 4) is 0 Å². The van der Waals surface area contributed by atoms with Crippen LogP contribution >= 0.6 is 11.6 Å². The zero-order valence-corrected chi connectivity index (χ0v) is 9.04. The first-order valence-corrected chi connectivity index (χ1v) is 6.15. The number of halogens is 1. The van der Waals surface area contributed by atoms with Gasteiger partial charge in [-0.2, -0.15) is 0 Å². The Morgan fingerprint density at radius 3 is 2.14 bits per heavy atom. The highest BCUT2D eigenvalue weighted by atomic mass is 35.5. The van der Waals surface area contributed by atoms with E-state index in [4.69, 9.17) is 11.6 Å². The van der Waals surface area contributed by atoms with E-state index in [9.17, 15) is 4.79 Å². The molecule has 78 valence electrons. The smallest absolute Gasteiger partial charge is 0.226 e. The van der Waals surface area contributed by atoms with Crippen molar-refractivity contribution in [2.75, 3.05) is 0 Å². The van der Waals surface area contributed by atoms with Gasteiger partial charge in [-0.05, 0) is 38.5 Å². The van der Waals surface area contributed by atoms with Gasteiger partial charge in [0, 0.05) is 23.4 Å². The van der Waals surface area contributed by atoms with Gasteiger partial charge in [-0.25, -0.2) is 0 Å². The fourth-order valence-electron chi connectivity index (χ4n) is 3.01. The lowest BCUT2D eigenvalue weighted by molar-refractivity contribution is -0.136. The largest absolute Gasteiger partial charge is 0.336 e. The molecule has 0 aromatic heterocycles. The maximum absolute atomic E-state index is 12.0. The second kappa shape index (κ2) is 3.13. The first-order chi connectivity index (χ1) is 6.75. The summed E-state index contributed by atoms with van der Waals surface area (Å²) in [6.07, 6.45) is 6.67. The molecule has 1 aliphatic carbocycles. The zero-order valence-electron chi connectivity index (χ0n) is 8.29. The van der Waals surface area contributed by atoms with E-state index in [-0.39, 0.29) is 0 Å². The number of nitrogens with zero attached hydrogens (tertiary/aromatic N) is 1. The van der Waals surface area contributed by atoms with Crippen LogP contribution in [-0.2, 0) is 4.79 Å². The molecule has 3 fully saturated rings. The zero-order chi connectivity index (χ0) is 9.71. The van der Waals surface area contributed by atoms with E-state index in [0.29, 0.717) is 29.3 Å². The van der Waals surface area contributed by atoms with Crippen LogP contribution in [0.25, 0.3) is 0 Å². The highest BCUT2D eigenvalue weighted by molar-refractivity contribution is 6.20. The van der Waals surface area contributed by atoms with Gasteiger partial charge in [-0.1, -0.05) is 0 Å². The third-order valence-corrected chi connectivity index (χ3v) is 4.21. The third kappa shape index (κ3) is 1.35. The molecule has 2 heterocycles. The molecule has 2 unspecified atom stereocenters. The normalized spacial score (nSPS) is 41.5. The van der Waals surface area contributed by atoms with Crippen molar-refractivity contribution in [2.24, 2.45) is 5.92 Å². The van der Waals surface area contributed by atoms with Crippen LogP contribution < -0.4 is 0 Å². The number of hydrogen-bond donors (Lipinski definition) is 0. The van der Waals surface area contributed by atoms with Crippen molar-refractivity contribution in [1.82, 2.24) is 4.90 Å². The summed E-state index contributed by atoms with van der Waals surface area (Å²) in [7, 11) is 0. The molecule has 3 aliphatic rings. The van der Waals surface area contributed by atoms with E-state index in [1.807, 2.05) is 0 Å². The summed E-state index contributed by atoms with van der Waals surface area (Å²) in [4.78, 5) is 14.2. The van der Waals surface area contributed by atoms with Gasteiger partial charge in [0.05, 0.1) is 0 Å².